The summed E-state index contributed by atoms with van der Waals surface area (Å²) < 4.78 is 0. The van der Waals surface area contributed by atoms with Crippen LogP contribution in [0.3, 0.4) is 0 Å². The second-order valence-electron chi connectivity index (χ2n) is 4.74. The van der Waals surface area contributed by atoms with Gasteiger partial charge in [0, 0.05) is 33.1 Å². The molecule has 1 atom stereocenters. The van der Waals surface area contributed by atoms with E-state index in [0.29, 0.717) is 17.9 Å². The molecule has 0 radical (unpaired) electrons. The molecule has 1 fully saturated rings. The predicted molar refractivity (Wildman–Crippen MR) is 53.5 cm³/mol. The van der Waals surface area contributed by atoms with Crippen molar-refractivity contribution in [3.05, 3.63) is 0 Å². The van der Waals surface area contributed by atoms with Crippen molar-refractivity contribution in [2.75, 3.05) is 20.6 Å². The Morgan fingerprint density at radius 3 is 2.46 bits per heavy atom. The number of carbonyl (C=O) groups excluding carboxylic acids is 1. The number of amides is 1. The maximum atomic E-state index is 11.2. The fourth-order valence-corrected chi connectivity index (χ4v) is 1.39. The first kappa shape index (κ1) is 10.5. The van der Waals surface area contributed by atoms with Gasteiger partial charge in [0.2, 0.25) is 5.91 Å². The average Bonchev–Trinajstić information content (AvgIpc) is 2.58. The van der Waals surface area contributed by atoms with Crippen LogP contribution in [-0.2, 0) is 4.79 Å². The highest BCUT2D eigenvalue weighted by molar-refractivity contribution is 5.75. The lowest BCUT2D eigenvalue weighted by Crippen LogP contribution is -2.28. The Labute approximate surface area is 80.5 Å². The first-order valence-electron chi connectivity index (χ1n) is 4.87. The Bertz CT molecular complexity index is 199. The van der Waals surface area contributed by atoms with E-state index in [4.69, 9.17) is 0 Å². The third kappa shape index (κ3) is 2.99. The molecule has 1 amide bonds. The topological polar surface area (TPSA) is 32.3 Å². The molecule has 0 heterocycles. The van der Waals surface area contributed by atoms with E-state index in [1.165, 1.54) is 6.42 Å². The van der Waals surface area contributed by atoms with E-state index in [0.717, 1.165) is 6.54 Å². The van der Waals surface area contributed by atoms with Gasteiger partial charge in [0.15, 0.2) is 0 Å². The van der Waals surface area contributed by atoms with E-state index < -0.39 is 0 Å². The van der Waals surface area contributed by atoms with E-state index in [9.17, 15) is 4.79 Å². The fourth-order valence-electron chi connectivity index (χ4n) is 1.39. The van der Waals surface area contributed by atoms with Gasteiger partial charge in [-0.1, -0.05) is 13.8 Å². The number of hydrogen-bond donors (Lipinski definition) is 1. The quantitative estimate of drug-likeness (QED) is 0.702. The molecule has 1 unspecified atom stereocenters. The predicted octanol–water partition coefficient (Wildman–Crippen LogP) is 0.853. The second-order valence-corrected chi connectivity index (χ2v) is 4.74. The van der Waals surface area contributed by atoms with Gasteiger partial charge in [0.25, 0.3) is 0 Å². The highest BCUT2D eigenvalue weighted by Gasteiger charge is 2.44. The molecular weight excluding hydrogens is 164 g/mol. The van der Waals surface area contributed by atoms with Crippen molar-refractivity contribution in [1.82, 2.24) is 10.2 Å². The molecule has 1 N–H and O–H groups in total. The fraction of sp³-hybridized carbons (Fsp3) is 0.900. The Hall–Kier alpha value is -0.570. The molecule has 0 bridgehead atoms. The van der Waals surface area contributed by atoms with Crippen molar-refractivity contribution in [3.63, 3.8) is 0 Å². The van der Waals surface area contributed by atoms with Crippen molar-refractivity contribution in [3.8, 4) is 0 Å². The maximum Gasteiger partial charge on any atom is 0.223 e. The molecule has 0 aromatic heterocycles. The standard InChI is InChI=1S/C10H20N2O/c1-10(2)7-8(10)11-6-5-9(13)12(3)4/h8,11H,5-7H2,1-4H3. The summed E-state index contributed by atoms with van der Waals surface area (Å²) in [7, 11) is 3.59. The highest BCUT2D eigenvalue weighted by Crippen LogP contribution is 2.44. The zero-order valence-electron chi connectivity index (χ0n) is 9.05. The lowest BCUT2D eigenvalue weighted by molar-refractivity contribution is -0.128. The number of carbonyl (C=O) groups is 1. The van der Waals surface area contributed by atoms with Gasteiger partial charge in [-0.15, -0.1) is 0 Å². The summed E-state index contributed by atoms with van der Waals surface area (Å²) in [5.41, 5.74) is 0.459. The second kappa shape index (κ2) is 3.66. The van der Waals surface area contributed by atoms with Gasteiger partial charge in [0.1, 0.15) is 0 Å². The largest absolute Gasteiger partial charge is 0.349 e. The van der Waals surface area contributed by atoms with Crippen LogP contribution in [0.5, 0.6) is 0 Å². The molecule has 3 nitrogen and oxygen atoms in total. The van der Waals surface area contributed by atoms with Gasteiger partial charge < -0.3 is 10.2 Å². The van der Waals surface area contributed by atoms with Crippen molar-refractivity contribution < 1.29 is 4.79 Å². The molecule has 1 aliphatic rings. The van der Waals surface area contributed by atoms with E-state index >= 15 is 0 Å². The lowest BCUT2D eigenvalue weighted by atomic mass is 10.2. The molecule has 0 spiro atoms. The summed E-state index contributed by atoms with van der Waals surface area (Å²) >= 11 is 0. The number of nitrogens with zero attached hydrogens (tertiary/aromatic N) is 1. The van der Waals surface area contributed by atoms with E-state index in [2.05, 4.69) is 19.2 Å². The van der Waals surface area contributed by atoms with Gasteiger partial charge >= 0.3 is 0 Å². The molecule has 0 aromatic rings. The Morgan fingerprint density at radius 2 is 2.08 bits per heavy atom. The third-order valence-electron chi connectivity index (χ3n) is 2.74. The Kier molecular flexibility index (Phi) is 2.96. The molecule has 76 valence electrons. The van der Waals surface area contributed by atoms with E-state index in [-0.39, 0.29) is 5.91 Å². The number of nitrogens with one attached hydrogen (secondary N) is 1. The number of hydrogen-bond acceptors (Lipinski definition) is 2. The number of rotatable bonds is 4. The minimum absolute atomic E-state index is 0.200. The molecule has 13 heavy (non-hydrogen) atoms. The molecule has 1 aliphatic carbocycles. The summed E-state index contributed by atoms with van der Waals surface area (Å²) in [5.74, 6) is 0.200. The minimum atomic E-state index is 0.200. The highest BCUT2D eigenvalue weighted by atomic mass is 16.2. The lowest BCUT2D eigenvalue weighted by Gasteiger charge is -2.10. The van der Waals surface area contributed by atoms with Crippen LogP contribution in [-0.4, -0.2) is 37.5 Å². The summed E-state index contributed by atoms with van der Waals surface area (Å²) in [6.07, 6.45) is 1.85. The van der Waals surface area contributed by atoms with Crippen molar-refractivity contribution in [2.24, 2.45) is 5.41 Å². The van der Waals surface area contributed by atoms with Crippen molar-refractivity contribution in [1.29, 1.82) is 0 Å². The minimum Gasteiger partial charge on any atom is -0.349 e. The van der Waals surface area contributed by atoms with Crippen LogP contribution in [0.1, 0.15) is 26.7 Å². The summed E-state index contributed by atoms with van der Waals surface area (Å²) in [6.45, 7) is 5.31. The third-order valence-corrected chi connectivity index (χ3v) is 2.74. The molecular formula is C10H20N2O. The monoisotopic (exact) mass is 184 g/mol. The van der Waals surface area contributed by atoms with Gasteiger partial charge in [-0.25, -0.2) is 0 Å². The maximum absolute atomic E-state index is 11.2. The van der Waals surface area contributed by atoms with Crippen LogP contribution in [0.15, 0.2) is 0 Å². The zero-order valence-corrected chi connectivity index (χ0v) is 9.05. The molecule has 0 saturated heterocycles. The smallest absolute Gasteiger partial charge is 0.223 e. The van der Waals surface area contributed by atoms with Crippen molar-refractivity contribution in [2.45, 2.75) is 32.7 Å². The molecule has 1 rings (SSSR count). The van der Waals surface area contributed by atoms with Gasteiger partial charge in [0.05, 0.1) is 0 Å². The SMILES string of the molecule is CN(C)C(=O)CCNC1CC1(C)C. The average molecular weight is 184 g/mol. The van der Waals surface area contributed by atoms with E-state index in [1.54, 1.807) is 19.0 Å². The normalized spacial score (nSPS) is 24.2. The summed E-state index contributed by atoms with van der Waals surface area (Å²) in [4.78, 5) is 12.8. The first-order valence-corrected chi connectivity index (χ1v) is 4.87. The summed E-state index contributed by atoms with van der Waals surface area (Å²) in [5, 5.41) is 3.39. The summed E-state index contributed by atoms with van der Waals surface area (Å²) in [6, 6.07) is 0.627. The van der Waals surface area contributed by atoms with Crippen LogP contribution >= 0.6 is 0 Å². The van der Waals surface area contributed by atoms with Gasteiger partial charge in [-0.2, -0.15) is 0 Å². The van der Waals surface area contributed by atoms with Crippen LogP contribution in [0, 0.1) is 5.41 Å². The van der Waals surface area contributed by atoms with Gasteiger partial charge in [-0.05, 0) is 11.8 Å². The molecule has 3 heteroatoms. The Morgan fingerprint density at radius 1 is 1.54 bits per heavy atom. The van der Waals surface area contributed by atoms with Crippen LogP contribution in [0.2, 0.25) is 0 Å². The van der Waals surface area contributed by atoms with Crippen LogP contribution in [0.25, 0.3) is 0 Å². The molecule has 1 saturated carbocycles. The zero-order chi connectivity index (χ0) is 10.1. The van der Waals surface area contributed by atoms with Gasteiger partial charge in [-0.3, -0.25) is 4.79 Å². The Balaban J connectivity index is 2.06. The van der Waals surface area contributed by atoms with Crippen LogP contribution < -0.4 is 5.32 Å². The van der Waals surface area contributed by atoms with E-state index in [1.807, 2.05) is 0 Å². The molecule has 0 aromatic carbocycles. The van der Waals surface area contributed by atoms with Crippen LogP contribution in [0.4, 0.5) is 0 Å². The first-order chi connectivity index (χ1) is 5.93. The van der Waals surface area contributed by atoms with Crippen molar-refractivity contribution >= 4 is 5.91 Å². The molecule has 0 aliphatic heterocycles.